The van der Waals surface area contributed by atoms with E-state index in [-0.39, 0.29) is 5.56 Å². The van der Waals surface area contributed by atoms with Gasteiger partial charge in [0, 0.05) is 11.3 Å². The van der Waals surface area contributed by atoms with Crippen LogP contribution in [0.4, 0.5) is 18.9 Å². The average molecular weight is 395 g/mol. The number of amides is 1. The number of benzene rings is 2. The van der Waals surface area contributed by atoms with Crippen molar-refractivity contribution < 1.29 is 22.4 Å². The summed E-state index contributed by atoms with van der Waals surface area (Å²) >= 11 is 6.18. The number of carbonyl (C=O) groups is 1. The van der Waals surface area contributed by atoms with Gasteiger partial charge in [-0.1, -0.05) is 29.3 Å². The summed E-state index contributed by atoms with van der Waals surface area (Å²) in [5.74, 6) is -0.111. The SMILES string of the molecule is Cc1ccc(CC(=O)Nc2ccc(-c3cnco3)c(Cl)c2)c(C(F)(F)F)c1. The molecule has 2 aromatic carbocycles. The van der Waals surface area contributed by atoms with E-state index < -0.39 is 24.1 Å². The normalized spacial score (nSPS) is 11.4. The van der Waals surface area contributed by atoms with Gasteiger partial charge in [0.15, 0.2) is 12.2 Å². The van der Waals surface area contributed by atoms with Gasteiger partial charge in [-0.15, -0.1) is 0 Å². The summed E-state index contributed by atoms with van der Waals surface area (Å²) in [7, 11) is 0. The Morgan fingerprint density at radius 3 is 2.63 bits per heavy atom. The van der Waals surface area contributed by atoms with Crippen LogP contribution in [-0.2, 0) is 17.4 Å². The van der Waals surface area contributed by atoms with Gasteiger partial charge in [0.2, 0.25) is 5.91 Å². The minimum Gasteiger partial charge on any atom is -0.443 e. The van der Waals surface area contributed by atoms with Crippen LogP contribution >= 0.6 is 11.6 Å². The van der Waals surface area contributed by atoms with Crippen LogP contribution < -0.4 is 5.32 Å². The summed E-state index contributed by atoms with van der Waals surface area (Å²) in [6, 6.07) is 8.61. The minimum atomic E-state index is -4.52. The number of carbonyl (C=O) groups excluding carboxylic acids is 1. The number of rotatable bonds is 4. The molecule has 0 spiro atoms. The van der Waals surface area contributed by atoms with E-state index in [9.17, 15) is 18.0 Å². The molecule has 4 nitrogen and oxygen atoms in total. The molecule has 0 radical (unpaired) electrons. The second-order valence-electron chi connectivity index (χ2n) is 5.94. The number of hydrogen-bond acceptors (Lipinski definition) is 3. The first-order chi connectivity index (χ1) is 12.7. The molecule has 0 bridgehead atoms. The van der Waals surface area contributed by atoms with E-state index in [4.69, 9.17) is 16.0 Å². The van der Waals surface area contributed by atoms with Crippen molar-refractivity contribution in [3.8, 4) is 11.3 Å². The van der Waals surface area contributed by atoms with Crippen molar-refractivity contribution in [2.75, 3.05) is 5.32 Å². The van der Waals surface area contributed by atoms with Crippen LogP contribution in [0.25, 0.3) is 11.3 Å². The van der Waals surface area contributed by atoms with Gasteiger partial charge in [-0.25, -0.2) is 4.98 Å². The Labute approximate surface area is 158 Å². The van der Waals surface area contributed by atoms with Crippen LogP contribution in [0, 0.1) is 6.92 Å². The summed E-state index contributed by atoms with van der Waals surface area (Å²) < 4.78 is 44.7. The molecule has 1 N–H and O–H groups in total. The topological polar surface area (TPSA) is 55.1 Å². The predicted octanol–water partition coefficient (Wildman–Crippen LogP) is 5.50. The van der Waals surface area contributed by atoms with Crippen LogP contribution in [0.3, 0.4) is 0 Å². The maximum Gasteiger partial charge on any atom is 0.416 e. The summed E-state index contributed by atoms with van der Waals surface area (Å²) in [5, 5.41) is 2.88. The highest BCUT2D eigenvalue weighted by molar-refractivity contribution is 6.33. The zero-order chi connectivity index (χ0) is 19.6. The Hall–Kier alpha value is -2.80. The number of aromatic nitrogens is 1. The lowest BCUT2D eigenvalue weighted by molar-refractivity contribution is -0.138. The Kier molecular flexibility index (Phi) is 5.23. The van der Waals surface area contributed by atoms with Gasteiger partial charge in [-0.3, -0.25) is 4.79 Å². The van der Waals surface area contributed by atoms with Crippen LogP contribution in [0.15, 0.2) is 53.4 Å². The molecule has 0 aliphatic rings. The van der Waals surface area contributed by atoms with Crippen LogP contribution in [0.5, 0.6) is 0 Å². The molecule has 0 atom stereocenters. The van der Waals surface area contributed by atoms with Crippen molar-refractivity contribution >= 4 is 23.2 Å². The number of hydrogen-bond donors (Lipinski definition) is 1. The van der Waals surface area contributed by atoms with E-state index in [1.165, 1.54) is 24.7 Å². The Morgan fingerprint density at radius 1 is 1.22 bits per heavy atom. The number of halogens is 4. The molecule has 3 rings (SSSR count). The standard InChI is InChI=1S/C19H14ClF3N2O2/c1-11-2-3-12(15(6-11)19(21,22)23)7-18(26)25-13-4-5-14(16(20)8-13)17-9-24-10-27-17/h2-6,8-10H,7H2,1H3,(H,25,26). The van der Waals surface area contributed by atoms with E-state index in [0.29, 0.717) is 27.6 Å². The monoisotopic (exact) mass is 394 g/mol. The Morgan fingerprint density at radius 2 is 2.00 bits per heavy atom. The zero-order valence-electron chi connectivity index (χ0n) is 14.1. The third-order valence-corrected chi connectivity index (χ3v) is 4.19. The highest BCUT2D eigenvalue weighted by Gasteiger charge is 2.33. The molecule has 0 aliphatic heterocycles. The molecule has 0 saturated heterocycles. The number of anilines is 1. The molecule has 0 aliphatic carbocycles. The first-order valence-electron chi connectivity index (χ1n) is 7.89. The fraction of sp³-hybridized carbons (Fsp3) is 0.158. The van der Waals surface area contributed by atoms with Gasteiger partial charge >= 0.3 is 6.18 Å². The fourth-order valence-corrected chi connectivity index (χ4v) is 2.90. The van der Waals surface area contributed by atoms with Gasteiger partial charge in [-0.05, 0) is 36.8 Å². The van der Waals surface area contributed by atoms with E-state index in [0.717, 1.165) is 6.07 Å². The molecule has 1 heterocycles. The van der Waals surface area contributed by atoms with Crippen LogP contribution in [0.1, 0.15) is 16.7 Å². The maximum atomic E-state index is 13.2. The third kappa shape index (κ3) is 4.49. The van der Waals surface area contributed by atoms with Crippen LogP contribution in [0.2, 0.25) is 5.02 Å². The first-order valence-corrected chi connectivity index (χ1v) is 8.27. The molecule has 27 heavy (non-hydrogen) atoms. The summed E-state index contributed by atoms with van der Waals surface area (Å²) in [6.07, 6.45) is -2.17. The van der Waals surface area contributed by atoms with Crippen molar-refractivity contribution in [1.29, 1.82) is 0 Å². The highest BCUT2D eigenvalue weighted by atomic mass is 35.5. The molecular weight excluding hydrogens is 381 g/mol. The summed E-state index contributed by atoms with van der Waals surface area (Å²) in [6.45, 7) is 1.57. The van der Waals surface area contributed by atoms with Crippen LogP contribution in [-0.4, -0.2) is 10.9 Å². The van der Waals surface area contributed by atoms with Crippen molar-refractivity contribution in [1.82, 2.24) is 4.98 Å². The van der Waals surface area contributed by atoms with Gasteiger partial charge in [0.25, 0.3) is 0 Å². The number of alkyl halides is 3. The number of aryl methyl sites for hydroxylation is 1. The summed E-state index contributed by atoms with van der Waals surface area (Å²) in [5.41, 5.74) is 0.534. The minimum absolute atomic E-state index is 0.0880. The number of nitrogens with one attached hydrogen (secondary N) is 1. The quantitative estimate of drug-likeness (QED) is 0.635. The van der Waals surface area contributed by atoms with Gasteiger partial charge in [-0.2, -0.15) is 13.2 Å². The third-order valence-electron chi connectivity index (χ3n) is 3.87. The predicted molar refractivity (Wildman–Crippen MR) is 95.5 cm³/mol. The molecule has 0 unspecified atom stereocenters. The molecular formula is C19H14ClF3N2O2. The average Bonchev–Trinajstić information content (AvgIpc) is 3.10. The molecule has 0 fully saturated rings. The Balaban J connectivity index is 1.76. The maximum absolute atomic E-state index is 13.2. The van der Waals surface area contributed by atoms with Crippen molar-refractivity contribution in [2.45, 2.75) is 19.5 Å². The lowest BCUT2D eigenvalue weighted by Crippen LogP contribution is -2.18. The number of nitrogens with zero attached hydrogens (tertiary/aromatic N) is 1. The van der Waals surface area contributed by atoms with Crippen molar-refractivity contribution in [2.24, 2.45) is 0 Å². The van der Waals surface area contributed by atoms with Gasteiger partial charge in [0.05, 0.1) is 23.2 Å². The molecule has 0 saturated carbocycles. The second kappa shape index (κ2) is 7.44. The molecule has 140 valence electrons. The second-order valence-corrected chi connectivity index (χ2v) is 6.35. The van der Waals surface area contributed by atoms with E-state index in [1.807, 2.05) is 0 Å². The fourth-order valence-electron chi connectivity index (χ4n) is 2.63. The molecule has 1 aromatic heterocycles. The zero-order valence-corrected chi connectivity index (χ0v) is 14.9. The molecule has 1 amide bonds. The molecule has 8 heteroatoms. The first kappa shape index (κ1) is 19.0. The molecule has 3 aromatic rings. The van der Waals surface area contributed by atoms with E-state index >= 15 is 0 Å². The summed E-state index contributed by atoms with van der Waals surface area (Å²) in [4.78, 5) is 16.0. The lowest BCUT2D eigenvalue weighted by Gasteiger charge is -2.14. The largest absolute Gasteiger partial charge is 0.443 e. The van der Waals surface area contributed by atoms with Crippen molar-refractivity contribution in [3.05, 3.63) is 70.7 Å². The van der Waals surface area contributed by atoms with Gasteiger partial charge < -0.3 is 9.73 Å². The van der Waals surface area contributed by atoms with Crippen molar-refractivity contribution in [3.63, 3.8) is 0 Å². The Bertz CT molecular complexity index is 970. The number of oxazole rings is 1. The van der Waals surface area contributed by atoms with Gasteiger partial charge in [0.1, 0.15) is 0 Å². The van der Waals surface area contributed by atoms with E-state index in [2.05, 4.69) is 10.3 Å². The lowest BCUT2D eigenvalue weighted by atomic mass is 10.0. The highest BCUT2D eigenvalue weighted by Crippen LogP contribution is 2.33. The van der Waals surface area contributed by atoms with E-state index in [1.54, 1.807) is 25.1 Å². The smallest absolute Gasteiger partial charge is 0.416 e.